The van der Waals surface area contributed by atoms with Crippen LogP contribution in [0.5, 0.6) is 5.75 Å². The van der Waals surface area contributed by atoms with E-state index < -0.39 is 5.82 Å². The molecule has 2 aliphatic rings. The van der Waals surface area contributed by atoms with Crippen LogP contribution in [0, 0.1) is 10.6 Å². The molecule has 0 radical (unpaired) electrons. The largest absolute Gasteiger partial charge is 0.481 e. The van der Waals surface area contributed by atoms with Gasteiger partial charge in [0.05, 0.1) is 11.4 Å². The highest BCUT2D eigenvalue weighted by molar-refractivity contribution is 7.71. The van der Waals surface area contributed by atoms with Gasteiger partial charge in [-0.25, -0.2) is 18.4 Å². The summed E-state index contributed by atoms with van der Waals surface area (Å²) in [6, 6.07) is 2.63. The summed E-state index contributed by atoms with van der Waals surface area (Å²) in [5.74, 6) is -0.636. The summed E-state index contributed by atoms with van der Waals surface area (Å²) in [6.07, 6.45) is 3.37. The van der Waals surface area contributed by atoms with Gasteiger partial charge >= 0.3 is 5.69 Å². The summed E-state index contributed by atoms with van der Waals surface area (Å²) in [5, 5.41) is 0. The maximum atomic E-state index is 14.8. The van der Waals surface area contributed by atoms with Crippen molar-refractivity contribution in [2.45, 2.75) is 25.9 Å². The third kappa shape index (κ3) is 2.42. The van der Waals surface area contributed by atoms with Gasteiger partial charge < -0.3 is 9.64 Å². The zero-order chi connectivity index (χ0) is 18.4. The number of fused-ring (bicyclic) bond motifs is 2. The predicted octanol–water partition coefficient (Wildman–Crippen LogP) is 2.01. The second-order valence-electron chi connectivity index (χ2n) is 6.21. The van der Waals surface area contributed by atoms with Gasteiger partial charge in [0.25, 0.3) is 5.91 Å². The van der Waals surface area contributed by atoms with E-state index in [1.165, 1.54) is 26.3 Å². The Morgan fingerprint density at radius 1 is 1.19 bits per heavy atom. The summed E-state index contributed by atoms with van der Waals surface area (Å²) in [4.78, 5) is 26.4. The van der Waals surface area contributed by atoms with E-state index in [4.69, 9.17) is 17.0 Å². The molecular weight excluding hydrogens is 359 g/mol. The molecule has 0 saturated heterocycles. The van der Waals surface area contributed by atoms with Crippen LogP contribution in [0.4, 0.5) is 10.1 Å². The van der Waals surface area contributed by atoms with Crippen LogP contribution in [0.3, 0.4) is 0 Å². The summed E-state index contributed by atoms with van der Waals surface area (Å²) in [7, 11) is 0. The summed E-state index contributed by atoms with van der Waals surface area (Å²) in [5.41, 5.74) is 0.0282. The molecule has 0 N–H and O–H groups in total. The van der Waals surface area contributed by atoms with Crippen LogP contribution in [0.2, 0.25) is 0 Å². The van der Waals surface area contributed by atoms with E-state index in [2.05, 4.69) is 6.58 Å². The molecule has 3 heterocycles. The third-order valence-corrected chi connectivity index (χ3v) is 5.02. The Bertz CT molecular complexity index is 998. The molecule has 0 bridgehead atoms. The number of ether oxygens (including phenoxy) is 1. The summed E-state index contributed by atoms with van der Waals surface area (Å²) in [6.45, 7) is 4.91. The lowest BCUT2D eigenvalue weighted by Crippen LogP contribution is -2.39. The SMILES string of the molecule is C=CCN1C(=O)COc2cc(F)c(-n3c(=O)n4n(c3=S)CCCC4)cc21. The van der Waals surface area contributed by atoms with Gasteiger partial charge in [-0.15, -0.1) is 6.58 Å². The third-order valence-electron chi connectivity index (χ3n) is 4.63. The van der Waals surface area contributed by atoms with E-state index in [0.29, 0.717) is 18.8 Å². The topological polar surface area (TPSA) is 61.4 Å². The van der Waals surface area contributed by atoms with Crippen LogP contribution < -0.4 is 15.3 Å². The number of benzene rings is 1. The number of hydrogen-bond donors (Lipinski definition) is 0. The van der Waals surface area contributed by atoms with Crippen molar-refractivity contribution in [1.29, 1.82) is 0 Å². The number of carbonyl (C=O) groups is 1. The lowest BCUT2D eigenvalue weighted by Gasteiger charge is -2.29. The first-order chi connectivity index (χ1) is 12.5. The molecule has 7 nitrogen and oxygen atoms in total. The maximum Gasteiger partial charge on any atom is 0.349 e. The quantitative estimate of drug-likeness (QED) is 0.607. The average Bonchev–Trinajstić information content (AvgIpc) is 2.89. The highest BCUT2D eigenvalue weighted by atomic mass is 32.1. The highest BCUT2D eigenvalue weighted by Crippen LogP contribution is 2.35. The van der Waals surface area contributed by atoms with Crippen LogP contribution in [0.25, 0.3) is 5.69 Å². The zero-order valence-electron chi connectivity index (χ0n) is 14.0. The smallest absolute Gasteiger partial charge is 0.349 e. The highest BCUT2D eigenvalue weighted by Gasteiger charge is 2.28. The number of carbonyl (C=O) groups excluding carboxylic acids is 1. The minimum absolute atomic E-state index is 0.0144. The van der Waals surface area contributed by atoms with Crippen LogP contribution in [-0.4, -0.2) is 33.0 Å². The number of aromatic nitrogens is 3. The van der Waals surface area contributed by atoms with Crippen molar-refractivity contribution in [3.8, 4) is 11.4 Å². The molecule has 0 atom stereocenters. The van der Waals surface area contributed by atoms with Gasteiger partial charge in [-0.05, 0) is 31.1 Å². The van der Waals surface area contributed by atoms with Crippen molar-refractivity contribution < 1.29 is 13.9 Å². The summed E-state index contributed by atoms with van der Waals surface area (Å²) >= 11 is 5.41. The van der Waals surface area contributed by atoms with Crippen molar-refractivity contribution in [3.05, 3.63) is 45.9 Å². The molecule has 4 rings (SSSR count). The first-order valence-corrected chi connectivity index (χ1v) is 8.74. The predicted molar refractivity (Wildman–Crippen MR) is 96.1 cm³/mol. The number of nitrogens with zero attached hydrogens (tertiary/aromatic N) is 4. The molecule has 0 saturated carbocycles. The van der Waals surface area contributed by atoms with E-state index >= 15 is 0 Å². The Labute approximate surface area is 153 Å². The van der Waals surface area contributed by atoms with Crippen molar-refractivity contribution in [2.75, 3.05) is 18.1 Å². The second-order valence-corrected chi connectivity index (χ2v) is 6.57. The minimum Gasteiger partial charge on any atom is -0.481 e. The maximum absolute atomic E-state index is 14.8. The van der Waals surface area contributed by atoms with E-state index in [1.54, 1.807) is 10.8 Å². The zero-order valence-corrected chi connectivity index (χ0v) is 14.8. The van der Waals surface area contributed by atoms with E-state index in [9.17, 15) is 14.0 Å². The van der Waals surface area contributed by atoms with E-state index in [-0.39, 0.29) is 41.0 Å². The van der Waals surface area contributed by atoms with Crippen molar-refractivity contribution >= 4 is 23.8 Å². The Balaban J connectivity index is 1.93. The van der Waals surface area contributed by atoms with Gasteiger partial charge in [0.1, 0.15) is 5.75 Å². The molecule has 1 aromatic heterocycles. The Morgan fingerprint density at radius 2 is 1.92 bits per heavy atom. The Kier molecular flexibility index (Phi) is 4.03. The molecule has 0 aliphatic carbocycles. The normalized spacial score (nSPS) is 16.0. The minimum atomic E-state index is -0.631. The number of rotatable bonds is 3. The Hall–Kier alpha value is -2.68. The van der Waals surface area contributed by atoms with Crippen LogP contribution in [-0.2, 0) is 17.9 Å². The molecule has 0 fully saturated rings. The monoisotopic (exact) mass is 376 g/mol. The first-order valence-electron chi connectivity index (χ1n) is 8.33. The summed E-state index contributed by atoms with van der Waals surface area (Å²) < 4.78 is 24.8. The molecule has 0 spiro atoms. The van der Waals surface area contributed by atoms with E-state index in [0.717, 1.165) is 12.8 Å². The number of halogens is 1. The van der Waals surface area contributed by atoms with Crippen LogP contribution in [0.15, 0.2) is 29.6 Å². The Morgan fingerprint density at radius 3 is 2.62 bits per heavy atom. The molecule has 2 aromatic rings. The lowest BCUT2D eigenvalue weighted by atomic mass is 10.2. The van der Waals surface area contributed by atoms with Crippen LogP contribution in [0.1, 0.15) is 12.8 Å². The number of hydrogen-bond acceptors (Lipinski definition) is 4. The van der Waals surface area contributed by atoms with Gasteiger partial charge in [0, 0.05) is 25.7 Å². The van der Waals surface area contributed by atoms with E-state index in [1.807, 2.05) is 0 Å². The molecule has 136 valence electrons. The standard InChI is InChI=1S/C17H17FN4O3S/c1-2-5-19-13-9-12(11(18)8-14(13)25-10-15(19)23)22-16(24)20-6-3-4-7-21(20)17(22)26/h2,8-9H,1,3-7,10H2. The molecule has 0 unspecified atom stereocenters. The van der Waals surface area contributed by atoms with Gasteiger partial charge in [-0.3, -0.25) is 9.48 Å². The van der Waals surface area contributed by atoms with Crippen molar-refractivity contribution in [2.24, 2.45) is 0 Å². The molecule has 2 aliphatic heterocycles. The molecule has 9 heteroatoms. The second kappa shape index (κ2) is 6.24. The van der Waals surface area contributed by atoms with Gasteiger partial charge in [0.15, 0.2) is 12.4 Å². The van der Waals surface area contributed by atoms with Crippen LogP contribution >= 0.6 is 12.2 Å². The molecule has 1 amide bonds. The van der Waals surface area contributed by atoms with Gasteiger partial charge in [0.2, 0.25) is 4.77 Å². The van der Waals surface area contributed by atoms with Gasteiger partial charge in [-0.1, -0.05) is 6.08 Å². The molecular formula is C17H17FN4O3S. The number of amides is 1. The van der Waals surface area contributed by atoms with Crippen molar-refractivity contribution in [1.82, 2.24) is 13.9 Å². The number of anilines is 1. The average molecular weight is 376 g/mol. The first kappa shape index (κ1) is 16.8. The molecule has 26 heavy (non-hydrogen) atoms. The lowest BCUT2D eigenvalue weighted by molar-refractivity contribution is -0.121. The molecule has 1 aromatic carbocycles. The van der Waals surface area contributed by atoms with Gasteiger partial charge in [-0.2, -0.15) is 0 Å². The fourth-order valence-electron chi connectivity index (χ4n) is 3.39. The fraction of sp³-hybridized carbons (Fsp3) is 0.353. The fourth-order valence-corrected chi connectivity index (χ4v) is 3.76. The van der Waals surface area contributed by atoms with Crippen molar-refractivity contribution in [3.63, 3.8) is 0 Å².